The Labute approximate surface area is 209 Å². The summed E-state index contributed by atoms with van der Waals surface area (Å²) in [5.74, 6) is 0.481. The van der Waals surface area contributed by atoms with E-state index in [1.807, 2.05) is 18.2 Å². The van der Waals surface area contributed by atoms with Crippen molar-refractivity contribution in [2.45, 2.75) is 51.4 Å². The normalized spacial score (nSPS) is 20.3. The van der Waals surface area contributed by atoms with Gasteiger partial charge in [0.05, 0.1) is 29.2 Å². The van der Waals surface area contributed by atoms with Gasteiger partial charge in [-0.3, -0.25) is 9.59 Å². The molecule has 0 heterocycles. The average molecular weight is 574 g/mol. The van der Waals surface area contributed by atoms with Crippen LogP contribution in [0.25, 0.3) is 0 Å². The minimum atomic E-state index is -1.02. The van der Waals surface area contributed by atoms with Crippen molar-refractivity contribution < 1.29 is 29.3 Å². The molecule has 1 aromatic carbocycles. The van der Waals surface area contributed by atoms with Gasteiger partial charge in [-0.05, 0) is 53.1 Å². The van der Waals surface area contributed by atoms with Gasteiger partial charge in [0, 0.05) is 32.2 Å². The molecule has 0 fully saturated rings. The summed E-state index contributed by atoms with van der Waals surface area (Å²) < 4.78 is 12.1. The van der Waals surface area contributed by atoms with Crippen LogP contribution in [0.2, 0.25) is 0 Å². The Bertz CT molecular complexity index is 816. The summed E-state index contributed by atoms with van der Waals surface area (Å²) in [6.45, 7) is 4.83. The van der Waals surface area contributed by atoms with Crippen LogP contribution in [-0.4, -0.2) is 78.6 Å². The topological polar surface area (TPSA) is 108 Å². The largest absolute Gasteiger partial charge is 0.482 e. The molecule has 0 saturated heterocycles. The molecule has 8 nitrogen and oxygen atoms in total. The molecule has 3 N–H and O–H groups in total. The Balaban J connectivity index is 2.37. The van der Waals surface area contributed by atoms with Crippen LogP contribution in [0.5, 0.6) is 5.75 Å². The number of methoxy groups -OCH3 is 1. The standard InChI is InChI=1S/C24H35IN2O6/c1-16(2)8-11-27(22(29)9-13-32-3)19-14-17(24(31)26-10-12-28)15-21(23(19)30)33-20-7-5-4-6-18(20)25/h4-7,15-16,19,21,23,28,30H,8-14H2,1-3H3,(H,26,31). The zero-order chi connectivity index (χ0) is 24.4. The summed E-state index contributed by atoms with van der Waals surface area (Å²) in [5.41, 5.74) is 0.420. The van der Waals surface area contributed by atoms with Crippen LogP contribution in [0.4, 0.5) is 0 Å². The highest BCUT2D eigenvalue weighted by atomic mass is 127. The third-order valence-corrected chi connectivity index (χ3v) is 6.39. The summed E-state index contributed by atoms with van der Waals surface area (Å²) in [5, 5.41) is 23.1. The molecule has 2 rings (SSSR count). The van der Waals surface area contributed by atoms with Gasteiger partial charge in [-0.25, -0.2) is 0 Å². The number of nitrogens with one attached hydrogen (secondary N) is 1. The number of hydrogen-bond acceptors (Lipinski definition) is 6. The first-order valence-corrected chi connectivity index (χ1v) is 12.3. The number of ether oxygens (including phenoxy) is 2. The van der Waals surface area contributed by atoms with E-state index in [1.54, 1.807) is 24.2 Å². The first-order chi connectivity index (χ1) is 15.8. The number of hydrogen-bond donors (Lipinski definition) is 3. The smallest absolute Gasteiger partial charge is 0.247 e. The lowest BCUT2D eigenvalue weighted by molar-refractivity contribution is -0.139. The molecule has 3 unspecified atom stereocenters. The Kier molecular flexibility index (Phi) is 11.6. The summed E-state index contributed by atoms with van der Waals surface area (Å²) in [6.07, 6.45) is 0.939. The molecule has 1 aliphatic carbocycles. The van der Waals surface area contributed by atoms with Crippen LogP contribution in [0, 0.1) is 9.49 Å². The maximum absolute atomic E-state index is 13.1. The second-order valence-corrected chi connectivity index (χ2v) is 9.62. The molecule has 9 heteroatoms. The summed E-state index contributed by atoms with van der Waals surface area (Å²) in [6, 6.07) is 6.80. The van der Waals surface area contributed by atoms with E-state index >= 15 is 0 Å². The molecule has 0 saturated carbocycles. The van der Waals surface area contributed by atoms with Crippen LogP contribution in [-0.2, 0) is 14.3 Å². The summed E-state index contributed by atoms with van der Waals surface area (Å²) >= 11 is 2.15. The highest BCUT2D eigenvalue weighted by Crippen LogP contribution is 2.30. The van der Waals surface area contributed by atoms with Gasteiger partial charge in [-0.15, -0.1) is 0 Å². The van der Waals surface area contributed by atoms with Gasteiger partial charge in [0.1, 0.15) is 18.0 Å². The predicted molar refractivity (Wildman–Crippen MR) is 134 cm³/mol. The zero-order valence-electron chi connectivity index (χ0n) is 19.5. The van der Waals surface area contributed by atoms with E-state index in [4.69, 9.17) is 14.6 Å². The molecule has 1 aliphatic rings. The number of benzene rings is 1. The molecule has 0 aromatic heterocycles. The monoisotopic (exact) mass is 574 g/mol. The molecular formula is C24H35IN2O6. The number of aliphatic hydroxyl groups is 2. The summed E-state index contributed by atoms with van der Waals surface area (Å²) in [4.78, 5) is 27.5. The Morgan fingerprint density at radius 2 is 2.03 bits per heavy atom. The third-order valence-electron chi connectivity index (χ3n) is 5.50. The number of carbonyl (C=O) groups is 2. The minimum Gasteiger partial charge on any atom is -0.482 e. The van der Waals surface area contributed by atoms with E-state index in [-0.39, 0.29) is 44.4 Å². The van der Waals surface area contributed by atoms with E-state index in [2.05, 4.69) is 41.8 Å². The van der Waals surface area contributed by atoms with Gasteiger partial charge in [-0.2, -0.15) is 0 Å². The third kappa shape index (κ3) is 8.24. The fraction of sp³-hybridized carbons (Fsp3) is 0.583. The van der Waals surface area contributed by atoms with Crippen molar-refractivity contribution in [2.24, 2.45) is 5.92 Å². The van der Waals surface area contributed by atoms with Crippen LogP contribution in [0.15, 0.2) is 35.9 Å². The number of carbonyl (C=O) groups excluding carboxylic acids is 2. The molecule has 0 radical (unpaired) electrons. The maximum Gasteiger partial charge on any atom is 0.247 e. The number of para-hydroxylation sites is 1. The van der Waals surface area contributed by atoms with Crippen molar-refractivity contribution in [3.8, 4) is 5.75 Å². The van der Waals surface area contributed by atoms with Gasteiger partial charge >= 0.3 is 0 Å². The van der Waals surface area contributed by atoms with E-state index in [0.717, 1.165) is 9.99 Å². The van der Waals surface area contributed by atoms with E-state index in [9.17, 15) is 14.7 Å². The fourth-order valence-corrected chi connectivity index (χ4v) is 4.19. The molecule has 1 aromatic rings. The molecule has 0 spiro atoms. The Morgan fingerprint density at radius 1 is 1.30 bits per heavy atom. The maximum atomic E-state index is 13.1. The van der Waals surface area contributed by atoms with E-state index < -0.39 is 18.2 Å². The lowest BCUT2D eigenvalue weighted by Gasteiger charge is -2.41. The van der Waals surface area contributed by atoms with Gasteiger partial charge in [-0.1, -0.05) is 26.0 Å². The van der Waals surface area contributed by atoms with Gasteiger partial charge in [0.15, 0.2) is 0 Å². The Hall–Kier alpha value is -1.69. The second-order valence-electron chi connectivity index (χ2n) is 8.46. The number of halogens is 1. The van der Waals surface area contributed by atoms with Crippen LogP contribution < -0.4 is 10.1 Å². The van der Waals surface area contributed by atoms with Crippen LogP contribution >= 0.6 is 22.6 Å². The number of nitrogens with zero attached hydrogens (tertiary/aromatic N) is 1. The zero-order valence-corrected chi connectivity index (χ0v) is 21.7. The molecule has 184 valence electrons. The van der Waals surface area contributed by atoms with Crippen molar-refractivity contribution in [3.63, 3.8) is 0 Å². The first kappa shape index (κ1) is 27.6. The van der Waals surface area contributed by atoms with E-state index in [1.165, 1.54) is 0 Å². The second kappa shape index (κ2) is 13.9. The van der Waals surface area contributed by atoms with Crippen molar-refractivity contribution in [3.05, 3.63) is 39.5 Å². The van der Waals surface area contributed by atoms with E-state index in [0.29, 0.717) is 23.8 Å². The summed E-state index contributed by atoms with van der Waals surface area (Å²) in [7, 11) is 1.54. The quantitative estimate of drug-likeness (QED) is 0.330. The fourth-order valence-electron chi connectivity index (χ4n) is 3.67. The number of amides is 2. The molecule has 2 amide bonds. The van der Waals surface area contributed by atoms with Crippen LogP contribution in [0.3, 0.4) is 0 Å². The number of rotatable bonds is 12. The molecule has 33 heavy (non-hydrogen) atoms. The van der Waals surface area contributed by atoms with Crippen LogP contribution in [0.1, 0.15) is 33.1 Å². The van der Waals surface area contributed by atoms with Gasteiger partial charge in [0.25, 0.3) is 0 Å². The Morgan fingerprint density at radius 3 is 2.67 bits per heavy atom. The molecule has 0 aliphatic heterocycles. The molecule has 3 atom stereocenters. The highest BCUT2D eigenvalue weighted by Gasteiger charge is 2.40. The highest BCUT2D eigenvalue weighted by molar-refractivity contribution is 14.1. The van der Waals surface area contributed by atoms with Gasteiger partial charge < -0.3 is 29.9 Å². The number of aliphatic hydroxyl groups excluding tert-OH is 2. The average Bonchev–Trinajstić information content (AvgIpc) is 2.79. The molecule has 0 bridgehead atoms. The van der Waals surface area contributed by atoms with Crippen molar-refractivity contribution in [2.75, 3.05) is 33.4 Å². The van der Waals surface area contributed by atoms with Crippen molar-refractivity contribution in [1.82, 2.24) is 10.2 Å². The van der Waals surface area contributed by atoms with Gasteiger partial charge in [0.2, 0.25) is 11.8 Å². The lowest BCUT2D eigenvalue weighted by atomic mass is 9.87. The van der Waals surface area contributed by atoms with Crippen molar-refractivity contribution >= 4 is 34.4 Å². The lowest BCUT2D eigenvalue weighted by Crippen LogP contribution is -2.55. The first-order valence-electron chi connectivity index (χ1n) is 11.3. The minimum absolute atomic E-state index is 0.120. The predicted octanol–water partition coefficient (Wildman–Crippen LogP) is 2.12. The van der Waals surface area contributed by atoms with Crippen molar-refractivity contribution in [1.29, 1.82) is 0 Å². The SMILES string of the molecule is COCCC(=O)N(CCC(C)C)C1CC(C(=O)NCCO)=CC(Oc2ccccc2I)C1O. The molecular weight excluding hydrogens is 539 g/mol.